The number of carboxylic acid groups (broad SMARTS) is 1. The number of aliphatic carboxylic acids is 1. The quantitative estimate of drug-likeness (QED) is 0.424. The van der Waals surface area contributed by atoms with E-state index in [-0.39, 0.29) is 28.8 Å². The molecule has 2 N–H and O–H groups in total. The standard InChI is InChI=1S/C22H23N3O5S/c1-3-12-30-22(29)17(13-23)21-25(4-2)20(28)18(31-21)14-24-16-10-8-15(9-11-16)6-5-7-19(26)27/h3,8-11,14,24H,1,4-7,12H2,2H3,(H,26,27). The molecule has 2 rings (SSSR count). The number of rotatable bonds is 10. The molecular weight excluding hydrogens is 418 g/mol. The van der Waals surface area contributed by atoms with Crippen LogP contribution < -0.4 is 20.1 Å². The molecule has 0 saturated heterocycles. The third-order valence-electron chi connectivity index (χ3n) is 4.27. The van der Waals surface area contributed by atoms with Gasteiger partial charge in [0.2, 0.25) is 0 Å². The molecule has 0 aliphatic heterocycles. The van der Waals surface area contributed by atoms with Crippen LogP contribution in [0.2, 0.25) is 0 Å². The summed E-state index contributed by atoms with van der Waals surface area (Å²) in [5.74, 6) is -1.62. The minimum Gasteiger partial charge on any atom is -0.481 e. The number of carbonyl (C=O) groups excluding carboxylic acids is 1. The highest BCUT2D eigenvalue weighted by Gasteiger charge is 2.16. The molecule has 0 amide bonds. The van der Waals surface area contributed by atoms with E-state index in [2.05, 4.69) is 11.9 Å². The number of anilines is 1. The average Bonchev–Trinajstić information content (AvgIpc) is 3.07. The van der Waals surface area contributed by atoms with Crippen LogP contribution in [0.5, 0.6) is 0 Å². The summed E-state index contributed by atoms with van der Waals surface area (Å²) in [6.07, 6.45) is 4.29. The number of thiazole rings is 1. The average molecular weight is 442 g/mol. The number of ether oxygens (including phenoxy) is 1. The van der Waals surface area contributed by atoms with Crippen molar-refractivity contribution in [3.8, 4) is 6.07 Å². The number of nitrogens with one attached hydrogen (secondary N) is 1. The van der Waals surface area contributed by atoms with E-state index in [4.69, 9.17) is 9.84 Å². The maximum absolute atomic E-state index is 12.7. The van der Waals surface area contributed by atoms with E-state index in [1.165, 1.54) is 16.8 Å². The van der Waals surface area contributed by atoms with Gasteiger partial charge in [0.25, 0.3) is 5.56 Å². The SMILES string of the molecule is C=CCOC(=O)C(C#N)=c1sc(=CNc2ccc(CCCC(=O)O)cc2)c(=O)n1CC. The molecule has 1 aromatic heterocycles. The Hall–Kier alpha value is -3.64. The Bertz CT molecular complexity index is 1170. The van der Waals surface area contributed by atoms with Crippen molar-refractivity contribution in [3.05, 3.63) is 62.0 Å². The maximum Gasteiger partial charge on any atom is 0.352 e. The predicted octanol–water partition coefficient (Wildman–Crippen LogP) is 1.59. The fraction of sp³-hybridized carbons (Fsp3) is 0.273. The Morgan fingerprint density at radius 1 is 1.35 bits per heavy atom. The lowest BCUT2D eigenvalue weighted by atomic mass is 10.1. The Morgan fingerprint density at radius 2 is 2.06 bits per heavy atom. The molecule has 31 heavy (non-hydrogen) atoms. The van der Waals surface area contributed by atoms with Gasteiger partial charge in [-0.1, -0.05) is 24.8 Å². The fourth-order valence-electron chi connectivity index (χ4n) is 2.74. The number of aromatic nitrogens is 1. The van der Waals surface area contributed by atoms with Crippen molar-refractivity contribution in [2.24, 2.45) is 0 Å². The monoisotopic (exact) mass is 441 g/mol. The molecule has 0 atom stereocenters. The number of hydrogen-bond acceptors (Lipinski definition) is 7. The molecule has 0 aliphatic rings. The van der Waals surface area contributed by atoms with E-state index in [0.717, 1.165) is 22.6 Å². The van der Waals surface area contributed by atoms with Gasteiger partial charge in [-0.15, -0.1) is 11.3 Å². The first kappa shape index (κ1) is 23.6. The van der Waals surface area contributed by atoms with Gasteiger partial charge in [0.15, 0.2) is 5.57 Å². The summed E-state index contributed by atoms with van der Waals surface area (Å²) in [7, 11) is 0. The Balaban J connectivity index is 2.29. The molecule has 162 valence electrons. The normalized spacial score (nSPS) is 12.1. The smallest absolute Gasteiger partial charge is 0.352 e. The van der Waals surface area contributed by atoms with E-state index in [1.54, 1.807) is 6.92 Å². The minimum absolute atomic E-state index is 0.0292. The topological polar surface area (TPSA) is 121 Å². The number of aryl methyl sites for hydroxylation is 1. The van der Waals surface area contributed by atoms with Crippen LogP contribution in [0.25, 0.3) is 11.8 Å². The van der Waals surface area contributed by atoms with Crippen LogP contribution in [0.1, 0.15) is 25.3 Å². The zero-order valence-corrected chi connectivity index (χ0v) is 17.9. The lowest BCUT2D eigenvalue weighted by Gasteiger charge is -2.03. The second-order valence-corrected chi connectivity index (χ2v) is 7.46. The molecule has 9 heteroatoms. The van der Waals surface area contributed by atoms with Crippen molar-refractivity contribution in [1.29, 1.82) is 5.26 Å². The van der Waals surface area contributed by atoms with Gasteiger partial charge in [-0.3, -0.25) is 14.2 Å². The predicted molar refractivity (Wildman–Crippen MR) is 119 cm³/mol. The molecule has 1 heterocycles. The first-order valence-electron chi connectivity index (χ1n) is 9.60. The molecule has 0 saturated carbocycles. The summed E-state index contributed by atoms with van der Waals surface area (Å²) in [5, 5.41) is 21.2. The van der Waals surface area contributed by atoms with E-state index in [9.17, 15) is 19.6 Å². The van der Waals surface area contributed by atoms with Crippen LogP contribution in [0.4, 0.5) is 5.69 Å². The molecule has 8 nitrogen and oxygen atoms in total. The maximum atomic E-state index is 12.7. The largest absolute Gasteiger partial charge is 0.481 e. The molecular formula is C22H23N3O5S. The number of hydrogen-bond donors (Lipinski definition) is 2. The highest BCUT2D eigenvalue weighted by molar-refractivity contribution is 7.07. The van der Waals surface area contributed by atoms with Crippen LogP contribution in [0.15, 0.2) is 41.7 Å². The summed E-state index contributed by atoms with van der Waals surface area (Å²) >= 11 is 1.03. The molecule has 1 aromatic carbocycles. The van der Waals surface area contributed by atoms with Gasteiger partial charge in [-0.25, -0.2) is 4.79 Å². The minimum atomic E-state index is -0.813. The summed E-state index contributed by atoms with van der Waals surface area (Å²) in [4.78, 5) is 35.4. The summed E-state index contributed by atoms with van der Waals surface area (Å²) in [5.41, 5.74) is 1.22. The lowest BCUT2D eigenvalue weighted by molar-refractivity contribution is -0.137. The first-order chi connectivity index (χ1) is 14.9. The van der Waals surface area contributed by atoms with Crippen molar-refractivity contribution >= 4 is 40.7 Å². The zero-order valence-electron chi connectivity index (χ0n) is 17.1. The van der Waals surface area contributed by atoms with E-state index < -0.39 is 11.9 Å². The van der Waals surface area contributed by atoms with Gasteiger partial charge >= 0.3 is 11.9 Å². The van der Waals surface area contributed by atoms with Gasteiger partial charge < -0.3 is 15.2 Å². The third-order valence-corrected chi connectivity index (χ3v) is 5.40. The van der Waals surface area contributed by atoms with Crippen molar-refractivity contribution in [2.75, 3.05) is 11.9 Å². The van der Waals surface area contributed by atoms with Crippen molar-refractivity contribution in [1.82, 2.24) is 4.57 Å². The third kappa shape index (κ3) is 6.42. The molecule has 2 aromatic rings. The van der Waals surface area contributed by atoms with Gasteiger partial charge in [0, 0.05) is 24.9 Å². The van der Waals surface area contributed by atoms with Crippen molar-refractivity contribution in [3.63, 3.8) is 0 Å². The first-order valence-corrected chi connectivity index (χ1v) is 10.4. The van der Waals surface area contributed by atoms with Crippen LogP contribution in [-0.4, -0.2) is 28.2 Å². The summed E-state index contributed by atoms with van der Waals surface area (Å²) in [6, 6.07) is 9.27. The molecule has 0 fully saturated rings. The van der Waals surface area contributed by atoms with Crippen LogP contribution >= 0.6 is 11.3 Å². The number of nitrogens with zero attached hydrogens (tertiary/aromatic N) is 2. The Labute approximate surface area is 183 Å². The molecule has 0 unspecified atom stereocenters. The van der Waals surface area contributed by atoms with E-state index in [0.29, 0.717) is 23.9 Å². The van der Waals surface area contributed by atoms with E-state index >= 15 is 0 Å². The van der Waals surface area contributed by atoms with Crippen LogP contribution in [-0.2, 0) is 27.3 Å². The molecule has 0 spiro atoms. The molecule has 0 bridgehead atoms. The zero-order chi connectivity index (χ0) is 22.8. The number of nitriles is 1. The van der Waals surface area contributed by atoms with Crippen LogP contribution in [0.3, 0.4) is 0 Å². The second-order valence-electron chi connectivity index (χ2n) is 6.43. The van der Waals surface area contributed by atoms with Gasteiger partial charge in [-0.2, -0.15) is 5.26 Å². The van der Waals surface area contributed by atoms with Gasteiger partial charge in [0.05, 0.1) is 0 Å². The summed E-state index contributed by atoms with van der Waals surface area (Å²) < 4.78 is 6.88. The van der Waals surface area contributed by atoms with Gasteiger partial charge in [0.1, 0.15) is 21.9 Å². The van der Waals surface area contributed by atoms with Crippen molar-refractivity contribution in [2.45, 2.75) is 32.7 Å². The van der Waals surface area contributed by atoms with E-state index in [1.807, 2.05) is 30.3 Å². The molecule has 0 radical (unpaired) electrons. The number of benzene rings is 1. The molecule has 0 aliphatic carbocycles. The fourth-order valence-corrected chi connectivity index (χ4v) is 3.82. The number of carbonyl (C=O) groups is 2. The highest BCUT2D eigenvalue weighted by Crippen LogP contribution is 2.11. The second kappa shape index (κ2) is 11.5. The van der Waals surface area contributed by atoms with Gasteiger partial charge in [-0.05, 0) is 37.5 Å². The summed E-state index contributed by atoms with van der Waals surface area (Å²) in [6.45, 7) is 5.48. The number of esters is 1. The highest BCUT2D eigenvalue weighted by atomic mass is 32.1. The Morgan fingerprint density at radius 3 is 2.65 bits per heavy atom. The van der Waals surface area contributed by atoms with Crippen molar-refractivity contribution < 1.29 is 19.4 Å². The Kier molecular flexibility index (Phi) is 8.78. The van der Waals surface area contributed by atoms with Crippen LogP contribution in [0, 0.1) is 11.3 Å². The lowest BCUT2D eigenvalue weighted by Crippen LogP contribution is -2.32. The number of carboxylic acids is 1.